The Bertz CT molecular complexity index is 336. The Hall–Kier alpha value is -1.12. The minimum atomic E-state index is 0.190. The highest BCUT2D eigenvalue weighted by Crippen LogP contribution is 2.27. The lowest BCUT2D eigenvalue weighted by molar-refractivity contribution is -0.0627. The zero-order valence-corrected chi connectivity index (χ0v) is 9.80. The lowest BCUT2D eigenvalue weighted by Gasteiger charge is -2.39. The van der Waals surface area contributed by atoms with E-state index in [9.17, 15) is 0 Å². The maximum atomic E-state index is 5.88. The molecule has 0 spiro atoms. The van der Waals surface area contributed by atoms with Gasteiger partial charge in [0.25, 0.3) is 0 Å². The van der Waals surface area contributed by atoms with Crippen molar-refractivity contribution < 1.29 is 4.74 Å². The summed E-state index contributed by atoms with van der Waals surface area (Å²) in [5.41, 5.74) is 1.27. The summed E-state index contributed by atoms with van der Waals surface area (Å²) in [6, 6.07) is 10.9. The van der Waals surface area contributed by atoms with Gasteiger partial charge in [-0.15, -0.1) is 6.58 Å². The van der Waals surface area contributed by atoms with E-state index in [4.69, 9.17) is 4.74 Å². The molecule has 2 nitrogen and oxygen atoms in total. The highest BCUT2D eigenvalue weighted by Gasteiger charge is 2.28. The van der Waals surface area contributed by atoms with E-state index < -0.39 is 0 Å². The minimum absolute atomic E-state index is 0.190. The highest BCUT2D eigenvalue weighted by molar-refractivity contribution is 5.19. The fourth-order valence-corrected chi connectivity index (χ4v) is 2.27. The molecule has 2 atom stereocenters. The molecule has 2 rings (SSSR count). The first-order valence-corrected chi connectivity index (χ1v) is 5.84. The fourth-order valence-electron chi connectivity index (χ4n) is 2.27. The molecule has 0 aromatic heterocycles. The summed E-state index contributed by atoms with van der Waals surface area (Å²) < 4.78 is 5.88. The standard InChI is InChI=1S/C14H19NO/c1-3-9-15-10-11-16-14(12(15)2)13-7-5-4-6-8-13/h3-8,12,14H,1,9-11H2,2H3. The molecule has 16 heavy (non-hydrogen) atoms. The van der Waals surface area contributed by atoms with E-state index in [-0.39, 0.29) is 6.10 Å². The molecular weight excluding hydrogens is 198 g/mol. The molecule has 0 bridgehead atoms. The van der Waals surface area contributed by atoms with Crippen molar-refractivity contribution in [2.75, 3.05) is 19.7 Å². The summed E-state index contributed by atoms with van der Waals surface area (Å²) in [5, 5.41) is 0. The number of hydrogen-bond donors (Lipinski definition) is 0. The van der Waals surface area contributed by atoms with Crippen molar-refractivity contribution >= 4 is 0 Å². The average Bonchev–Trinajstić information content (AvgIpc) is 2.33. The van der Waals surface area contributed by atoms with Crippen molar-refractivity contribution in [2.45, 2.75) is 19.1 Å². The van der Waals surface area contributed by atoms with Gasteiger partial charge in [0.1, 0.15) is 0 Å². The molecular formula is C14H19NO. The van der Waals surface area contributed by atoms with Crippen LogP contribution in [0.15, 0.2) is 43.0 Å². The van der Waals surface area contributed by atoms with Crippen molar-refractivity contribution in [3.63, 3.8) is 0 Å². The summed E-state index contributed by atoms with van der Waals surface area (Å²) in [7, 11) is 0. The largest absolute Gasteiger partial charge is 0.371 e. The molecule has 1 aromatic rings. The van der Waals surface area contributed by atoms with Gasteiger partial charge >= 0.3 is 0 Å². The molecule has 1 fully saturated rings. The summed E-state index contributed by atoms with van der Waals surface area (Å²) in [6.07, 6.45) is 2.15. The van der Waals surface area contributed by atoms with E-state index in [2.05, 4.69) is 42.7 Å². The molecule has 0 N–H and O–H groups in total. The van der Waals surface area contributed by atoms with Gasteiger partial charge < -0.3 is 4.74 Å². The third kappa shape index (κ3) is 2.34. The predicted octanol–water partition coefficient (Wildman–Crippen LogP) is 2.63. The van der Waals surface area contributed by atoms with Crippen molar-refractivity contribution in [1.29, 1.82) is 0 Å². The first-order valence-electron chi connectivity index (χ1n) is 5.84. The third-order valence-electron chi connectivity index (χ3n) is 3.18. The van der Waals surface area contributed by atoms with Crippen LogP contribution in [0.3, 0.4) is 0 Å². The van der Waals surface area contributed by atoms with Crippen molar-refractivity contribution in [1.82, 2.24) is 4.90 Å². The van der Waals surface area contributed by atoms with Crippen molar-refractivity contribution in [3.05, 3.63) is 48.6 Å². The van der Waals surface area contributed by atoms with Gasteiger partial charge in [0.2, 0.25) is 0 Å². The van der Waals surface area contributed by atoms with Gasteiger partial charge in [-0.1, -0.05) is 36.4 Å². The fraction of sp³-hybridized carbons (Fsp3) is 0.429. The van der Waals surface area contributed by atoms with Crippen LogP contribution < -0.4 is 0 Å². The van der Waals surface area contributed by atoms with Crippen LogP contribution in [-0.4, -0.2) is 30.6 Å². The second-order valence-electron chi connectivity index (χ2n) is 4.23. The van der Waals surface area contributed by atoms with Gasteiger partial charge in [-0.05, 0) is 12.5 Å². The molecule has 0 radical (unpaired) electrons. The summed E-state index contributed by atoms with van der Waals surface area (Å²) in [5.74, 6) is 0. The Kier molecular flexibility index (Phi) is 3.75. The van der Waals surface area contributed by atoms with E-state index in [0.29, 0.717) is 6.04 Å². The molecule has 1 heterocycles. The molecule has 2 unspecified atom stereocenters. The molecule has 0 amide bonds. The SMILES string of the molecule is C=CCN1CCOC(c2ccccc2)C1C. The Morgan fingerprint density at radius 3 is 2.88 bits per heavy atom. The van der Waals surface area contributed by atoms with Gasteiger partial charge in [0.15, 0.2) is 0 Å². The second kappa shape index (κ2) is 5.28. The van der Waals surface area contributed by atoms with Crippen molar-refractivity contribution in [2.24, 2.45) is 0 Å². The topological polar surface area (TPSA) is 12.5 Å². The quantitative estimate of drug-likeness (QED) is 0.722. The van der Waals surface area contributed by atoms with Crippen LogP contribution in [0.5, 0.6) is 0 Å². The predicted molar refractivity (Wildman–Crippen MR) is 66.4 cm³/mol. The van der Waals surface area contributed by atoms with E-state index >= 15 is 0 Å². The number of rotatable bonds is 3. The number of hydrogen-bond acceptors (Lipinski definition) is 2. The van der Waals surface area contributed by atoms with Crippen molar-refractivity contribution in [3.8, 4) is 0 Å². The molecule has 2 heteroatoms. The Labute approximate surface area is 97.5 Å². The van der Waals surface area contributed by atoms with E-state index in [1.807, 2.05) is 12.1 Å². The smallest absolute Gasteiger partial charge is 0.0978 e. The first-order chi connectivity index (χ1) is 7.83. The van der Waals surface area contributed by atoms with Crippen LogP contribution in [0, 0.1) is 0 Å². The normalized spacial score (nSPS) is 26.6. The van der Waals surface area contributed by atoms with Gasteiger partial charge in [0.05, 0.1) is 12.7 Å². The van der Waals surface area contributed by atoms with Gasteiger partial charge in [-0.3, -0.25) is 4.90 Å². The summed E-state index contributed by atoms with van der Waals surface area (Å²) in [6.45, 7) is 8.77. The van der Waals surface area contributed by atoms with Gasteiger partial charge in [0, 0.05) is 19.1 Å². The Morgan fingerprint density at radius 1 is 1.44 bits per heavy atom. The van der Waals surface area contributed by atoms with Crippen LogP contribution in [0.2, 0.25) is 0 Å². The van der Waals surface area contributed by atoms with Gasteiger partial charge in [-0.2, -0.15) is 0 Å². The van der Waals surface area contributed by atoms with E-state index in [0.717, 1.165) is 19.7 Å². The minimum Gasteiger partial charge on any atom is -0.371 e. The van der Waals surface area contributed by atoms with Gasteiger partial charge in [-0.25, -0.2) is 0 Å². The number of morpholine rings is 1. The maximum absolute atomic E-state index is 5.88. The number of benzene rings is 1. The zero-order chi connectivity index (χ0) is 11.4. The maximum Gasteiger partial charge on any atom is 0.0978 e. The molecule has 86 valence electrons. The highest BCUT2D eigenvalue weighted by atomic mass is 16.5. The van der Waals surface area contributed by atoms with E-state index in [1.165, 1.54) is 5.56 Å². The molecule has 1 aliphatic heterocycles. The van der Waals surface area contributed by atoms with Crippen LogP contribution in [0.4, 0.5) is 0 Å². The molecule has 0 aliphatic carbocycles. The Morgan fingerprint density at radius 2 is 2.19 bits per heavy atom. The number of ether oxygens (including phenoxy) is 1. The second-order valence-corrected chi connectivity index (χ2v) is 4.23. The average molecular weight is 217 g/mol. The molecule has 0 saturated carbocycles. The lowest BCUT2D eigenvalue weighted by Crippen LogP contribution is -2.45. The third-order valence-corrected chi connectivity index (χ3v) is 3.18. The first kappa shape index (κ1) is 11.4. The molecule has 1 aliphatic rings. The monoisotopic (exact) mass is 217 g/mol. The van der Waals surface area contributed by atoms with Crippen LogP contribution in [0.1, 0.15) is 18.6 Å². The number of nitrogens with zero attached hydrogens (tertiary/aromatic N) is 1. The summed E-state index contributed by atoms with van der Waals surface area (Å²) >= 11 is 0. The molecule has 1 saturated heterocycles. The van der Waals surface area contributed by atoms with E-state index in [1.54, 1.807) is 0 Å². The summed E-state index contributed by atoms with van der Waals surface area (Å²) in [4.78, 5) is 2.41. The Balaban J connectivity index is 2.12. The lowest BCUT2D eigenvalue weighted by atomic mass is 10.0. The van der Waals surface area contributed by atoms with Crippen LogP contribution >= 0.6 is 0 Å². The van der Waals surface area contributed by atoms with Crippen LogP contribution in [-0.2, 0) is 4.74 Å². The molecule has 1 aromatic carbocycles. The zero-order valence-electron chi connectivity index (χ0n) is 9.80. The van der Waals surface area contributed by atoms with Crippen LogP contribution in [0.25, 0.3) is 0 Å².